The van der Waals surface area contributed by atoms with Crippen LogP contribution in [0.5, 0.6) is 0 Å². The molecule has 1 saturated heterocycles. The predicted molar refractivity (Wildman–Crippen MR) is 54.8 cm³/mol. The van der Waals surface area contributed by atoms with Crippen molar-refractivity contribution >= 4 is 0 Å². The third kappa shape index (κ3) is 2.30. The lowest BCUT2D eigenvalue weighted by Gasteiger charge is -2.28. The van der Waals surface area contributed by atoms with Crippen LogP contribution in [0.2, 0.25) is 0 Å². The lowest BCUT2D eigenvalue weighted by atomic mass is 10.1. The Kier molecular flexibility index (Phi) is 3.11. The van der Waals surface area contributed by atoms with Crippen molar-refractivity contribution in [2.75, 3.05) is 19.6 Å². The van der Waals surface area contributed by atoms with Gasteiger partial charge in [-0.3, -0.25) is 0 Å². The minimum absolute atomic E-state index is 0.0963. The highest BCUT2D eigenvalue weighted by atomic mass is 19.1. The molecule has 0 atom stereocenters. The van der Waals surface area contributed by atoms with Crippen LogP contribution in [0.1, 0.15) is 5.56 Å². The fourth-order valence-electron chi connectivity index (χ4n) is 1.55. The van der Waals surface area contributed by atoms with Gasteiger partial charge in [0, 0.05) is 19.1 Å². The Labute approximate surface area is 83.5 Å². The van der Waals surface area contributed by atoms with Crippen LogP contribution < -0.4 is 10.6 Å². The fraction of sp³-hybridized carbons (Fsp3) is 0.455. The Hall–Kier alpha value is -0.930. The minimum atomic E-state index is -0.0963. The lowest BCUT2D eigenvalue weighted by molar-refractivity contribution is 0.368. The molecule has 1 aliphatic heterocycles. The molecule has 0 unspecified atom stereocenters. The van der Waals surface area contributed by atoms with E-state index in [1.165, 1.54) is 6.07 Å². The van der Waals surface area contributed by atoms with Gasteiger partial charge in [0.15, 0.2) is 0 Å². The molecule has 0 aliphatic carbocycles. The van der Waals surface area contributed by atoms with E-state index in [0.717, 1.165) is 31.6 Å². The topological polar surface area (TPSA) is 24.1 Å². The number of benzene rings is 1. The van der Waals surface area contributed by atoms with Crippen LogP contribution in [-0.2, 0) is 6.42 Å². The Bertz CT molecular complexity index is 297. The van der Waals surface area contributed by atoms with Crippen LogP contribution in [0.3, 0.4) is 0 Å². The summed E-state index contributed by atoms with van der Waals surface area (Å²) in [6.07, 6.45) is 0.767. The third-order valence-corrected chi connectivity index (χ3v) is 2.57. The van der Waals surface area contributed by atoms with Gasteiger partial charge < -0.3 is 10.6 Å². The maximum atomic E-state index is 13.2. The first-order valence-electron chi connectivity index (χ1n) is 5.04. The minimum Gasteiger partial charge on any atom is -0.314 e. The molecule has 14 heavy (non-hydrogen) atoms. The second kappa shape index (κ2) is 4.53. The molecular weight excluding hydrogens is 179 g/mol. The van der Waals surface area contributed by atoms with Gasteiger partial charge in [0.25, 0.3) is 0 Å². The van der Waals surface area contributed by atoms with Gasteiger partial charge >= 0.3 is 0 Å². The first-order chi connectivity index (χ1) is 6.86. The molecule has 0 spiro atoms. The van der Waals surface area contributed by atoms with E-state index in [2.05, 4.69) is 10.6 Å². The molecule has 0 saturated carbocycles. The lowest BCUT2D eigenvalue weighted by Crippen LogP contribution is -2.55. The summed E-state index contributed by atoms with van der Waals surface area (Å²) in [6, 6.07) is 7.54. The van der Waals surface area contributed by atoms with Crippen molar-refractivity contribution in [3.05, 3.63) is 35.6 Å². The van der Waals surface area contributed by atoms with E-state index >= 15 is 0 Å². The molecule has 0 aromatic heterocycles. The summed E-state index contributed by atoms with van der Waals surface area (Å²) in [6.45, 7) is 2.93. The van der Waals surface area contributed by atoms with Crippen LogP contribution in [-0.4, -0.2) is 25.7 Å². The smallest absolute Gasteiger partial charge is 0.126 e. The van der Waals surface area contributed by atoms with Crippen LogP contribution in [0, 0.1) is 5.82 Å². The number of hydrogen-bond acceptors (Lipinski definition) is 2. The SMILES string of the molecule is Fc1ccccc1CCNC1CNC1. The van der Waals surface area contributed by atoms with Crippen molar-refractivity contribution in [3.8, 4) is 0 Å². The van der Waals surface area contributed by atoms with Crippen LogP contribution in [0.25, 0.3) is 0 Å². The van der Waals surface area contributed by atoms with Crippen molar-refractivity contribution in [2.45, 2.75) is 12.5 Å². The molecule has 1 heterocycles. The van der Waals surface area contributed by atoms with Gasteiger partial charge in [0.2, 0.25) is 0 Å². The van der Waals surface area contributed by atoms with Crippen LogP contribution >= 0.6 is 0 Å². The zero-order valence-corrected chi connectivity index (χ0v) is 8.09. The van der Waals surface area contributed by atoms with Gasteiger partial charge in [0.05, 0.1) is 0 Å². The summed E-state index contributed by atoms with van der Waals surface area (Å²) in [5.74, 6) is -0.0963. The molecule has 3 heteroatoms. The van der Waals surface area contributed by atoms with Crippen LogP contribution in [0.15, 0.2) is 24.3 Å². The monoisotopic (exact) mass is 194 g/mol. The molecule has 2 rings (SSSR count). The Morgan fingerprint density at radius 1 is 1.36 bits per heavy atom. The zero-order valence-electron chi connectivity index (χ0n) is 8.09. The van der Waals surface area contributed by atoms with Crippen molar-refractivity contribution in [3.63, 3.8) is 0 Å². The molecule has 2 nitrogen and oxygen atoms in total. The molecule has 1 aliphatic rings. The standard InChI is InChI=1S/C11H15FN2/c12-11-4-2-1-3-9(11)5-6-14-10-7-13-8-10/h1-4,10,13-14H,5-8H2. The molecular formula is C11H15FN2. The first-order valence-corrected chi connectivity index (χ1v) is 5.04. The number of halogens is 1. The second-order valence-corrected chi connectivity index (χ2v) is 3.65. The van der Waals surface area contributed by atoms with E-state index in [4.69, 9.17) is 0 Å². The maximum absolute atomic E-state index is 13.2. The van der Waals surface area contributed by atoms with E-state index in [-0.39, 0.29) is 5.82 Å². The van der Waals surface area contributed by atoms with Gasteiger partial charge in [0.1, 0.15) is 5.82 Å². The van der Waals surface area contributed by atoms with Crippen molar-refractivity contribution in [1.82, 2.24) is 10.6 Å². The van der Waals surface area contributed by atoms with E-state index in [9.17, 15) is 4.39 Å². The molecule has 0 amide bonds. The molecule has 1 aromatic rings. The van der Waals surface area contributed by atoms with Gasteiger partial charge in [-0.15, -0.1) is 0 Å². The van der Waals surface area contributed by atoms with E-state index < -0.39 is 0 Å². The van der Waals surface area contributed by atoms with E-state index in [1.807, 2.05) is 12.1 Å². The number of rotatable bonds is 4. The highest BCUT2D eigenvalue weighted by Crippen LogP contribution is 2.06. The molecule has 76 valence electrons. The van der Waals surface area contributed by atoms with E-state index in [0.29, 0.717) is 6.04 Å². The van der Waals surface area contributed by atoms with Crippen LogP contribution in [0.4, 0.5) is 4.39 Å². The molecule has 2 N–H and O–H groups in total. The summed E-state index contributed by atoms with van der Waals surface area (Å²) in [5, 5.41) is 6.55. The fourth-order valence-corrected chi connectivity index (χ4v) is 1.55. The number of nitrogens with one attached hydrogen (secondary N) is 2. The van der Waals surface area contributed by atoms with Gasteiger partial charge in [-0.2, -0.15) is 0 Å². The highest BCUT2D eigenvalue weighted by molar-refractivity contribution is 5.17. The molecule has 1 fully saturated rings. The Balaban J connectivity index is 1.76. The summed E-state index contributed by atoms with van der Waals surface area (Å²) >= 11 is 0. The van der Waals surface area contributed by atoms with E-state index in [1.54, 1.807) is 6.07 Å². The normalized spacial score (nSPS) is 16.6. The molecule has 0 radical (unpaired) electrons. The van der Waals surface area contributed by atoms with Gasteiger partial charge in [-0.25, -0.2) is 4.39 Å². The highest BCUT2D eigenvalue weighted by Gasteiger charge is 2.14. The zero-order chi connectivity index (χ0) is 9.80. The van der Waals surface area contributed by atoms with Crippen molar-refractivity contribution in [1.29, 1.82) is 0 Å². The first kappa shape index (κ1) is 9.62. The largest absolute Gasteiger partial charge is 0.314 e. The third-order valence-electron chi connectivity index (χ3n) is 2.57. The average Bonchev–Trinajstić information content (AvgIpc) is 2.12. The molecule has 1 aromatic carbocycles. The summed E-state index contributed by atoms with van der Waals surface area (Å²) < 4.78 is 13.2. The summed E-state index contributed by atoms with van der Waals surface area (Å²) in [5.41, 5.74) is 0.798. The average molecular weight is 194 g/mol. The second-order valence-electron chi connectivity index (χ2n) is 3.65. The number of hydrogen-bond donors (Lipinski definition) is 2. The van der Waals surface area contributed by atoms with Crippen molar-refractivity contribution in [2.24, 2.45) is 0 Å². The van der Waals surface area contributed by atoms with Gasteiger partial charge in [-0.05, 0) is 24.6 Å². The van der Waals surface area contributed by atoms with Crippen molar-refractivity contribution < 1.29 is 4.39 Å². The Morgan fingerprint density at radius 3 is 2.79 bits per heavy atom. The van der Waals surface area contributed by atoms with Gasteiger partial charge in [-0.1, -0.05) is 18.2 Å². The maximum Gasteiger partial charge on any atom is 0.126 e. The summed E-state index contributed by atoms with van der Waals surface area (Å²) in [4.78, 5) is 0. The summed E-state index contributed by atoms with van der Waals surface area (Å²) in [7, 11) is 0. The molecule has 0 bridgehead atoms. The Morgan fingerprint density at radius 2 is 2.14 bits per heavy atom. The quantitative estimate of drug-likeness (QED) is 0.745. The predicted octanol–water partition coefficient (Wildman–Crippen LogP) is 0.930.